The first-order chi connectivity index (χ1) is 21.3. The van der Waals surface area contributed by atoms with Crippen LogP contribution in [0.3, 0.4) is 0 Å². The number of aromatic nitrogens is 8. The van der Waals surface area contributed by atoms with Crippen molar-refractivity contribution in [3.05, 3.63) is 29.3 Å². The number of aliphatic hydroxyl groups is 2. The monoisotopic (exact) mass is 680 g/mol. The summed E-state index contributed by atoms with van der Waals surface area (Å²) in [6.07, 6.45) is -6.16. The van der Waals surface area contributed by atoms with Crippen molar-refractivity contribution in [1.29, 1.82) is 0 Å². The van der Waals surface area contributed by atoms with E-state index in [1.807, 2.05) is 0 Å². The lowest BCUT2D eigenvalue weighted by molar-refractivity contribution is -0.246. The molecule has 5 unspecified atom stereocenters. The third-order valence-corrected chi connectivity index (χ3v) is 7.94. The number of hydrogen-bond acceptors (Lipinski definition) is 17. The number of aromatic amines is 1. The second kappa shape index (κ2) is 13.1. The number of ether oxygens (including phenoxy) is 3. The maximum absolute atomic E-state index is 13.6. The van der Waals surface area contributed by atoms with Crippen molar-refractivity contribution < 1.29 is 56.8 Å². The third kappa shape index (κ3) is 7.03. The molecule has 4 aromatic rings. The van der Waals surface area contributed by atoms with E-state index in [0.717, 1.165) is 24.1 Å². The average molecular weight is 680 g/mol. The Morgan fingerprint density at radius 1 is 1.22 bits per heavy atom. The molecular formula is C20H27FN10O12P2. The van der Waals surface area contributed by atoms with Gasteiger partial charge in [-0.05, 0) is 6.92 Å². The topological polar surface area (TPSA) is 320 Å². The van der Waals surface area contributed by atoms with E-state index in [-0.39, 0.29) is 34.1 Å². The molecule has 0 aliphatic carbocycles. The third-order valence-electron chi connectivity index (χ3n) is 6.45. The predicted octanol–water partition coefficient (Wildman–Crippen LogP) is -1.53. The lowest BCUT2D eigenvalue weighted by Crippen LogP contribution is -2.36. The summed E-state index contributed by atoms with van der Waals surface area (Å²) in [6, 6.07) is 0. The van der Waals surface area contributed by atoms with Gasteiger partial charge < -0.3 is 40.9 Å². The SMILES string of the molecule is C[C@H](OP(=O)(O)OC[C@H]1O[C@@H](n2cnc3c(N)ncnc32)C(O)C1OC[PH](=O)O)[C@@H](OC(O)F)n1cnc2c(=O)[nH]c(N)nc21. The summed E-state index contributed by atoms with van der Waals surface area (Å²) in [4.78, 5) is 53.9. The van der Waals surface area contributed by atoms with Crippen LogP contribution in [0.1, 0.15) is 19.4 Å². The number of phosphoric ester groups is 1. The van der Waals surface area contributed by atoms with Crippen molar-refractivity contribution in [2.75, 3.05) is 24.4 Å². The molecule has 0 saturated carbocycles. The maximum atomic E-state index is 13.6. The van der Waals surface area contributed by atoms with E-state index >= 15 is 0 Å². The van der Waals surface area contributed by atoms with E-state index < -0.39 is 77.8 Å². The Kier molecular flexibility index (Phi) is 9.58. The first-order valence-corrected chi connectivity index (χ1v) is 15.8. The van der Waals surface area contributed by atoms with E-state index in [1.165, 1.54) is 10.9 Å². The first kappa shape index (κ1) is 32.9. The van der Waals surface area contributed by atoms with Crippen LogP contribution in [0.5, 0.6) is 0 Å². The molecule has 1 fully saturated rings. The maximum Gasteiger partial charge on any atom is 0.472 e. The lowest BCUT2D eigenvalue weighted by Gasteiger charge is -2.27. The number of aliphatic hydroxyl groups excluding tert-OH is 2. The van der Waals surface area contributed by atoms with Crippen molar-refractivity contribution in [1.82, 2.24) is 39.0 Å². The number of nitrogens with two attached hydrogens (primary N) is 2. The van der Waals surface area contributed by atoms with E-state index in [1.54, 1.807) is 0 Å². The lowest BCUT2D eigenvalue weighted by atomic mass is 10.1. The molecule has 5 rings (SSSR count). The Morgan fingerprint density at radius 2 is 1.96 bits per heavy atom. The number of hydrogen-bond donors (Lipinski definition) is 7. The van der Waals surface area contributed by atoms with Gasteiger partial charge in [-0.15, -0.1) is 0 Å². The van der Waals surface area contributed by atoms with Crippen LogP contribution < -0.4 is 17.0 Å². The molecule has 9 N–H and O–H groups in total. The summed E-state index contributed by atoms with van der Waals surface area (Å²) >= 11 is 0. The van der Waals surface area contributed by atoms with Gasteiger partial charge in [-0.25, -0.2) is 24.5 Å². The minimum absolute atomic E-state index is 0.0441. The molecule has 1 saturated heterocycles. The van der Waals surface area contributed by atoms with Crippen LogP contribution in [-0.4, -0.2) is 103 Å². The van der Waals surface area contributed by atoms with Gasteiger partial charge in [0.2, 0.25) is 14.0 Å². The quantitative estimate of drug-likeness (QED) is 0.0622. The Hall–Kier alpha value is -3.47. The number of H-pyrrole nitrogens is 1. The second-order valence-corrected chi connectivity index (χ2v) is 12.0. The van der Waals surface area contributed by atoms with E-state index in [9.17, 15) is 38.3 Å². The standard InChI is InChI=1S/C20H27FN10O12P2/c1-7(17(42-19(21)34)31-5-27-10-15(31)28-20(23)29-16(10)33)43-45(37,38)40-2-8-12(39-6-44(35)36)11(32)18(41-8)30-4-26-9-13(22)24-3-25-14(9)30/h3-5,7-8,11-12,17-19,32,34,44H,2,6H2,1H3,(H,35,36)(H,37,38)(H2,22,24,25)(H3,23,28,29,33)/t7-,8+,11?,12?,17+,18+,19?/m0/s1. The van der Waals surface area contributed by atoms with Crippen molar-refractivity contribution >= 4 is 49.9 Å². The molecule has 0 aromatic carbocycles. The van der Waals surface area contributed by atoms with Gasteiger partial charge in [-0.2, -0.15) is 9.37 Å². The van der Waals surface area contributed by atoms with Gasteiger partial charge in [0.05, 0.1) is 19.3 Å². The fourth-order valence-corrected chi connectivity index (χ4v) is 5.88. The number of alkyl halides is 1. The zero-order valence-electron chi connectivity index (χ0n) is 22.9. The molecule has 5 heterocycles. The molecule has 246 valence electrons. The fraction of sp³-hybridized carbons (Fsp3) is 0.500. The highest BCUT2D eigenvalue weighted by molar-refractivity contribution is 7.47. The molecule has 0 radical (unpaired) electrons. The molecular weight excluding hydrogens is 653 g/mol. The zero-order chi connectivity index (χ0) is 32.6. The normalized spacial score (nSPS) is 24.5. The summed E-state index contributed by atoms with van der Waals surface area (Å²) in [5.41, 5.74) is 10.5. The smallest absolute Gasteiger partial charge is 0.386 e. The summed E-state index contributed by atoms with van der Waals surface area (Å²) in [7, 11) is -8.27. The van der Waals surface area contributed by atoms with Crippen LogP contribution in [0.25, 0.3) is 22.3 Å². The molecule has 0 amide bonds. The molecule has 0 bridgehead atoms. The average Bonchev–Trinajstić information content (AvgIpc) is 3.65. The molecule has 1 aliphatic rings. The second-order valence-electron chi connectivity index (χ2n) is 9.48. The molecule has 22 nitrogen and oxygen atoms in total. The van der Waals surface area contributed by atoms with Gasteiger partial charge in [0.25, 0.3) is 5.56 Å². The van der Waals surface area contributed by atoms with Crippen LogP contribution in [-0.2, 0) is 32.4 Å². The van der Waals surface area contributed by atoms with E-state index in [2.05, 4.69) is 29.9 Å². The number of imidazole rings is 2. The van der Waals surface area contributed by atoms with Gasteiger partial charge in [-0.3, -0.25) is 37.3 Å². The largest absolute Gasteiger partial charge is 0.472 e. The van der Waals surface area contributed by atoms with Crippen molar-refractivity contribution in [2.45, 2.75) is 50.3 Å². The number of rotatable bonds is 13. The zero-order valence-corrected chi connectivity index (χ0v) is 24.7. The Labute approximate surface area is 250 Å². The van der Waals surface area contributed by atoms with Crippen molar-refractivity contribution in [2.24, 2.45) is 0 Å². The number of phosphoric acid groups is 1. The van der Waals surface area contributed by atoms with Crippen LogP contribution in [0.15, 0.2) is 23.8 Å². The Bertz CT molecular complexity index is 1800. The van der Waals surface area contributed by atoms with Crippen LogP contribution >= 0.6 is 15.9 Å². The number of halogens is 1. The van der Waals surface area contributed by atoms with Gasteiger partial charge in [0, 0.05) is 0 Å². The van der Waals surface area contributed by atoms with Crippen LogP contribution in [0.2, 0.25) is 0 Å². The molecule has 9 atom stereocenters. The number of nitrogens with zero attached hydrogens (tertiary/aromatic N) is 7. The predicted molar refractivity (Wildman–Crippen MR) is 147 cm³/mol. The van der Waals surface area contributed by atoms with E-state index in [4.69, 9.17) is 34.7 Å². The summed E-state index contributed by atoms with van der Waals surface area (Å²) in [6.45, 7) is -2.55. The summed E-state index contributed by atoms with van der Waals surface area (Å²) in [5.74, 6) is -0.291. The van der Waals surface area contributed by atoms with Crippen LogP contribution in [0, 0.1) is 0 Å². The summed E-state index contributed by atoms with van der Waals surface area (Å²) < 4.78 is 66.4. The first-order valence-electron chi connectivity index (χ1n) is 12.7. The number of fused-ring (bicyclic) bond motifs is 2. The van der Waals surface area contributed by atoms with Crippen molar-refractivity contribution in [3.63, 3.8) is 0 Å². The number of anilines is 2. The highest BCUT2D eigenvalue weighted by atomic mass is 31.2. The van der Waals surface area contributed by atoms with Gasteiger partial charge in [0.15, 0.2) is 35.1 Å². The van der Waals surface area contributed by atoms with Crippen LogP contribution in [0.4, 0.5) is 16.2 Å². The summed E-state index contributed by atoms with van der Waals surface area (Å²) in [5, 5.41) is 20.3. The Morgan fingerprint density at radius 3 is 2.67 bits per heavy atom. The molecule has 0 spiro atoms. The molecule has 25 heteroatoms. The Balaban J connectivity index is 1.34. The number of nitrogens with one attached hydrogen (secondary N) is 1. The van der Waals surface area contributed by atoms with Gasteiger partial charge in [-0.1, -0.05) is 0 Å². The highest BCUT2D eigenvalue weighted by Gasteiger charge is 2.47. The molecule has 4 aromatic heterocycles. The minimum Gasteiger partial charge on any atom is -0.386 e. The number of nitrogen functional groups attached to an aromatic ring is 2. The van der Waals surface area contributed by atoms with E-state index in [0.29, 0.717) is 0 Å². The highest BCUT2D eigenvalue weighted by Crippen LogP contribution is 2.47. The fourth-order valence-electron chi connectivity index (χ4n) is 4.62. The minimum atomic E-state index is -5.10. The molecule has 1 aliphatic heterocycles. The van der Waals surface area contributed by atoms with Gasteiger partial charge >= 0.3 is 14.4 Å². The molecule has 45 heavy (non-hydrogen) atoms. The van der Waals surface area contributed by atoms with Gasteiger partial charge in [0.1, 0.15) is 42.6 Å². The van der Waals surface area contributed by atoms with Crippen molar-refractivity contribution in [3.8, 4) is 0 Å².